The van der Waals surface area contributed by atoms with Gasteiger partial charge < -0.3 is 34.0 Å². The first-order valence-corrected chi connectivity index (χ1v) is 12.9. The molecule has 4 heterocycles. The molecule has 4 atom stereocenters. The number of pyridine rings is 1. The van der Waals surface area contributed by atoms with Crippen LogP contribution in [0.4, 0.5) is 0 Å². The number of nitrogens with zero attached hydrogens (tertiary/aromatic N) is 5. The van der Waals surface area contributed by atoms with E-state index in [4.69, 9.17) is 19.3 Å². The SMILES string of the molecule is Cn1cnc2c1c(=O)n(CCCOC(=O)c1ccc[n+]([C@@H]3O[C@H](COP(=O)(O)O)[C@@H](O)[C@H]3O)c1)c(=O)n2C. The van der Waals surface area contributed by atoms with Crippen LogP contribution in [0.25, 0.3) is 11.2 Å². The Morgan fingerprint density at radius 1 is 1.24 bits per heavy atom. The number of phosphoric acid groups is 1. The lowest BCUT2D eigenvalue weighted by Crippen LogP contribution is -2.46. The fraction of sp³-hybridized carbons (Fsp3) is 0.476. The van der Waals surface area contributed by atoms with Gasteiger partial charge in [0.05, 0.1) is 19.5 Å². The number of phosphoric ester groups is 1. The number of rotatable bonds is 9. The van der Waals surface area contributed by atoms with E-state index in [1.54, 1.807) is 7.05 Å². The third kappa shape index (κ3) is 5.61. The summed E-state index contributed by atoms with van der Waals surface area (Å²) >= 11 is 0. The first-order valence-electron chi connectivity index (χ1n) is 11.4. The topological polar surface area (TPSA) is 208 Å². The maximum absolute atomic E-state index is 12.7. The average Bonchev–Trinajstić information content (AvgIpc) is 3.40. The maximum atomic E-state index is 12.7. The van der Waals surface area contributed by atoms with Crippen molar-refractivity contribution in [1.82, 2.24) is 18.7 Å². The van der Waals surface area contributed by atoms with Gasteiger partial charge in [-0.05, 0) is 12.5 Å². The molecular formula is C21H27N5O11P+. The summed E-state index contributed by atoms with van der Waals surface area (Å²) in [5.74, 6) is -0.726. The monoisotopic (exact) mass is 556 g/mol. The summed E-state index contributed by atoms with van der Waals surface area (Å²) in [7, 11) is -1.66. The minimum atomic E-state index is -4.81. The number of aryl methyl sites for hydroxylation is 2. The van der Waals surface area contributed by atoms with Crippen molar-refractivity contribution in [2.75, 3.05) is 13.2 Å². The fourth-order valence-electron chi connectivity index (χ4n) is 4.12. The number of hydrogen-bond donors (Lipinski definition) is 4. The number of ether oxygens (including phenoxy) is 2. The molecule has 0 bridgehead atoms. The van der Waals surface area contributed by atoms with E-state index in [0.29, 0.717) is 0 Å². The Morgan fingerprint density at radius 3 is 2.68 bits per heavy atom. The zero-order valence-electron chi connectivity index (χ0n) is 20.4. The molecule has 206 valence electrons. The molecule has 16 nitrogen and oxygen atoms in total. The summed E-state index contributed by atoms with van der Waals surface area (Å²) in [4.78, 5) is 59.6. The van der Waals surface area contributed by atoms with Crippen molar-refractivity contribution < 1.29 is 47.9 Å². The number of carbonyl (C=O) groups excluding carboxylic acids is 1. The van der Waals surface area contributed by atoms with E-state index in [2.05, 4.69) is 9.51 Å². The summed E-state index contributed by atoms with van der Waals surface area (Å²) in [6, 6.07) is 2.92. The lowest BCUT2D eigenvalue weighted by atomic mass is 10.1. The second-order valence-electron chi connectivity index (χ2n) is 8.69. The highest BCUT2D eigenvalue weighted by atomic mass is 31.2. The van der Waals surface area contributed by atoms with Crippen molar-refractivity contribution in [2.24, 2.45) is 14.1 Å². The Balaban J connectivity index is 1.38. The van der Waals surface area contributed by atoms with E-state index in [-0.39, 0.29) is 36.3 Å². The molecule has 0 radical (unpaired) electrons. The van der Waals surface area contributed by atoms with E-state index in [0.717, 1.165) is 4.57 Å². The zero-order chi connectivity index (χ0) is 27.8. The lowest BCUT2D eigenvalue weighted by Gasteiger charge is -2.13. The van der Waals surface area contributed by atoms with Gasteiger partial charge in [-0.25, -0.2) is 19.1 Å². The number of fused-ring (bicyclic) bond motifs is 1. The summed E-state index contributed by atoms with van der Waals surface area (Å²) < 4.78 is 31.2. The van der Waals surface area contributed by atoms with Gasteiger partial charge in [0.15, 0.2) is 29.7 Å². The Kier molecular flexibility index (Phi) is 7.94. The fourth-order valence-corrected chi connectivity index (χ4v) is 4.46. The molecule has 0 saturated carbocycles. The normalized spacial score (nSPS) is 21.7. The highest BCUT2D eigenvalue weighted by Gasteiger charge is 2.49. The number of esters is 1. The van der Waals surface area contributed by atoms with Gasteiger partial charge in [-0.2, -0.15) is 4.57 Å². The third-order valence-corrected chi connectivity index (χ3v) is 6.54. The highest BCUT2D eigenvalue weighted by Crippen LogP contribution is 2.37. The predicted octanol–water partition coefficient (Wildman–Crippen LogP) is -2.30. The molecule has 4 rings (SSSR count). The van der Waals surface area contributed by atoms with Gasteiger partial charge in [-0.3, -0.25) is 18.5 Å². The van der Waals surface area contributed by atoms with Gasteiger partial charge in [0, 0.05) is 26.7 Å². The maximum Gasteiger partial charge on any atom is 0.469 e. The van der Waals surface area contributed by atoms with E-state index in [9.17, 15) is 29.2 Å². The van der Waals surface area contributed by atoms with Crippen molar-refractivity contribution in [3.8, 4) is 0 Å². The van der Waals surface area contributed by atoms with Crippen LogP contribution in [0.2, 0.25) is 0 Å². The minimum absolute atomic E-state index is 0.00671. The summed E-state index contributed by atoms with van der Waals surface area (Å²) in [5.41, 5.74) is -0.419. The lowest BCUT2D eigenvalue weighted by molar-refractivity contribution is -0.765. The van der Waals surface area contributed by atoms with Crippen LogP contribution in [0.3, 0.4) is 0 Å². The molecule has 0 aromatic carbocycles. The van der Waals surface area contributed by atoms with Gasteiger partial charge in [0.2, 0.25) is 0 Å². The second kappa shape index (κ2) is 10.9. The van der Waals surface area contributed by atoms with Gasteiger partial charge in [-0.1, -0.05) is 0 Å². The van der Waals surface area contributed by atoms with Crippen LogP contribution in [-0.2, 0) is 39.2 Å². The Morgan fingerprint density at radius 2 is 1.97 bits per heavy atom. The molecule has 1 aliphatic heterocycles. The average molecular weight is 556 g/mol. The van der Waals surface area contributed by atoms with Gasteiger partial charge >= 0.3 is 19.5 Å². The van der Waals surface area contributed by atoms with E-state index < -0.39 is 56.2 Å². The molecule has 3 aromatic heterocycles. The van der Waals surface area contributed by atoms with Crippen LogP contribution in [0.15, 0.2) is 40.4 Å². The third-order valence-electron chi connectivity index (χ3n) is 6.06. The Bertz CT molecular complexity index is 1510. The number of aliphatic hydroxyl groups is 2. The molecule has 17 heteroatoms. The van der Waals surface area contributed by atoms with Gasteiger partial charge in [-0.15, -0.1) is 0 Å². The molecule has 38 heavy (non-hydrogen) atoms. The smallest absolute Gasteiger partial charge is 0.462 e. The van der Waals surface area contributed by atoms with E-state index in [1.807, 2.05) is 0 Å². The highest BCUT2D eigenvalue weighted by molar-refractivity contribution is 7.46. The molecular weight excluding hydrogens is 529 g/mol. The molecule has 1 aliphatic rings. The van der Waals surface area contributed by atoms with Crippen LogP contribution in [0, 0.1) is 0 Å². The zero-order valence-corrected chi connectivity index (χ0v) is 21.2. The quantitative estimate of drug-likeness (QED) is 0.0949. The molecule has 0 unspecified atom stereocenters. The predicted molar refractivity (Wildman–Crippen MR) is 126 cm³/mol. The second-order valence-corrected chi connectivity index (χ2v) is 9.93. The standard InChI is InChI=1S/C21H26N5O11P/c1-23-11-22-17-14(23)18(29)26(21(31)24(17)2)7-4-8-35-20(30)12-5-3-6-25(9-12)19-16(28)15(27)13(37-19)10-36-38(32,33)34/h3,5-6,9,11,13,15-16,19,27-28H,4,7-8,10H2,1-2H3,(H-,32,33,34)/p+1/t13-,15-,16-,19-/m1/s1. The number of hydrogen-bond acceptors (Lipinski definition) is 10. The van der Waals surface area contributed by atoms with Crippen molar-refractivity contribution in [3.63, 3.8) is 0 Å². The Labute approximate surface area is 214 Å². The van der Waals surface area contributed by atoms with E-state index in [1.165, 1.54) is 51.6 Å². The van der Waals surface area contributed by atoms with E-state index >= 15 is 0 Å². The number of aromatic nitrogens is 5. The van der Waals surface area contributed by atoms with Crippen LogP contribution in [0.5, 0.6) is 0 Å². The summed E-state index contributed by atoms with van der Waals surface area (Å²) in [6.07, 6.45) is -0.997. The number of aliphatic hydroxyl groups excluding tert-OH is 2. The van der Waals surface area contributed by atoms with Crippen molar-refractivity contribution in [1.29, 1.82) is 0 Å². The first kappa shape index (κ1) is 27.8. The largest absolute Gasteiger partial charge is 0.469 e. The molecule has 3 aromatic rings. The number of imidazole rings is 1. The van der Waals surface area contributed by atoms with Crippen molar-refractivity contribution in [2.45, 2.75) is 37.5 Å². The van der Waals surface area contributed by atoms with Gasteiger partial charge in [0.1, 0.15) is 17.8 Å². The summed E-state index contributed by atoms with van der Waals surface area (Å²) in [5, 5.41) is 20.5. The van der Waals surface area contributed by atoms with Crippen molar-refractivity contribution in [3.05, 3.63) is 57.3 Å². The number of carbonyl (C=O) groups is 1. The van der Waals surface area contributed by atoms with Crippen LogP contribution >= 0.6 is 7.82 Å². The molecule has 1 saturated heterocycles. The molecule has 1 fully saturated rings. The first-order chi connectivity index (χ1) is 17.9. The minimum Gasteiger partial charge on any atom is -0.462 e. The van der Waals surface area contributed by atoms with Crippen molar-refractivity contribution >= 4 is 25.0 Å². The van der Waals surface area contributed by atoms with Crippen LogP contribution in [0.1, 0.15) is 23.0 Å². The van der Waals surface area contributed by atoms with Crippen LogP contribution in [-0.4, -0.2) is 76.2 Å². The molecule has 4 N–H and O–H groups in total. The molecule has 0 aliphatic carbocycles. The molecule has 0 amide bonds. The Hall–Kier alpha value is -3.24. The van der Waals surface area contributed by atoms with Gasteiger partial charge in [0.25, 0.3) is 11.8 Å². The molecule has 0 spiro atoms. The van der Waals surface area contributed by atoms with Crippen LogP contribution < -0.4 is 15.8 Å². The summed E-state index contributed by atoms with van der Waals surface area (Å²) in [6.45, 7) is -0.760.